The lowest BCUT2D eigenvalue weighted by Gasteiger charge is -2.38. The van der Waals surface area contributed by atoms with Gasteiger partial charge in [-0.2, -0.15) is 0 Å². The molecule has 1 fully saturated rings. The van der Waals surface area contributed by atoms with Crippen LogP contribution in [0.3, 0.4) is 0 Å². The Balaban J connectivity index is 2.25. The molecule has 1 aliphatic carbocycles. The minimum Gasteiger partial charge on any atom is -0.373 e. The minimum absolute atomic E-state index is 0.0944. The zero-order valence-electron chi connectivity index (χ0n) is 11.0. The number of hydrogen-bond donors (Lipinski definition) is 1. The van der Waals surface area contributed by atoms with Crippen molar-refractivity contribution in [2.24, 2.45) is 5.73 Å². The van der Waals surface area contributed by atoms with Gasteiger partial charge in [-0.25, -0.2) is 0 Å². The van der Waals surface area contributed by atoms with Gasteiger partial charge in [0.15, 0.2) is 0 Å². The first kappa shape index (κ1) is 14.3. The topological polar surface area (TPSA) is 35.2 Å². The van der Waals surface area contributed by atoms with E-state index in [0.717, 1.165) is 29.3 Å². The van der Waals surface area contributed by atoms with E-state index in [1.165, 1.54) is 25.7 Å². The highest BCUT2D eigenvalue weighted by Gasteiger charge is 2.39. The van der Waals surface area contributed by atoms with E-state index in [4.69, 9.17) is 22.1 Å². The summed E-state index contributed by atoms with van der Waals surface area (Å²) in [5.41, 5.74) is 6.30. The summed E-state index contributed by atoms with van der Waals surface area (Å²) >= 11 is 7.88. The quantitative estimate of drug-likeness (QED) is 0.826. The molecular weight excluding hydrogens is 266 g/mol. The molecule has 18 heavy (non-hydrogen) atoms. The first-order valence-corrected chi connectivity index (χ1v) is 8.08. The maximum absolute atomic E-state index is 6.51. The molecule has 0 spiro atoms. The normalized spacial score (nSPS) is 21.5. The standard InChI is InChI=1S/C14H22ClNOS/c1-2-17-14(8-5-3-4-6-9-14)13(16)12-11(15)7-10-18-12/h7,10,13H,2-6,8-9,16H2,1H3. The maximum Gasteiger partial charge on any atom is 0.0882 e. The molecule has 0 saturated heterocycles. The third-order valence-corrected chi connectivity index (χ3v) is 5.32. The van der Waals surface area contributed by atoms with E-state index in [0.29, 0.717) is 0 Å². The smallest absolute Gasteiger partial charge is 0.0882 e. The summed E-state index contributed by atoms with van der Waals surface area (Å²) in [6.07, 6.45) is 7.10. The minimum atomic E-state index is -0.209. The Hall–Kier alpha value is -0.0900. The van der Waals surface area contributed by atoms with Crippen LogP contribution in [-0.2, 0) is 4.74 Å². The molecule has 0 aromatic carbocycles. The molecular formula is C14H22ClNOS. The lowest BCUT2D eigenvalue weighted by atomic mass is 9.85. The Morgan fingerprint density at radius 3 is 2.56 bits per heavy atom. The molecule has 0 aliphatic heterocycles. The molecule has 1 aliphatic rings. The van der Waals surface area contributed by atoms with Crippen molar-refractivity contribution in [3.63, 3.8) is 0 Å². The van der Waals surface area contributed by atoms with E-state index >= 15 is 0 Å². The second-order valence-corrected chi connectivity index (χ2v) is 6.38. The molecule has 1 atom stereocenters. The van der Waals surface area contributed by atoms with Crippen LogP contribution in [-0.4, -0.2) is 12.2 Å². The monoisotopic (exact) mass is 287 g/mol. The number of ether oxygens (including phenoxy) is 1. The average Bonchev–Trinajstić information content (AvgIpc) is 2.64. The van der Waals surface area contributed by atoms with Gasteiger partial charge >= 0.3 is 0 Å². The van der Waals surface area contributed by atoms with Crippen LogP contribution in [0.15, 0.2) is 11.4 Å². The second kappa shape index (κ2) is 6.38. The van der Waals surface area contributed by atoms with Crippen LogP contribution >= 0.6 is 22.9 Å². The van der Waals surface area contributed by atoms with Gasteiger partial charge in [-0.05, 0) is 31.2 Å². The molecule has 2 N–H and O–H groups in total. The van der Waals surface area contributed by atoms with Crippen molar-refractivity contribution in [1.82, 2.24) is 0 Å². The van der Waals surface area contributed by atoms with E-state index < -0.39 is 0 Å². The van der Waals surface area contributed by atoms with Crippen LogP contribution in [0.1, 0.15) is 56.4 Å². The fraction of sp³-hybridized carbons (Fsp3) is 0.714. The molecule has 2 rings (SSSR count). The lowest BCUT2D eigenvalue weighted by molar-refractivity contribution is -0.0688. The summed E-state index contributed by atoms with van der Waals surface area (Å²) < 4.78 is 6.11. The van der Waals surface area contributed by atoms with Crippen LogP contribution in [0.2, 0.25) is 5.02 Å². The molecule has 1 aromatic rings. The van der Waals surface area contributed by atoms with Gasteiger partial charge in [-0.3, -0.25) is 0 Å². The summed E-state index contributed by atoms with van der Waals surface area (Å²) in [6, 6.07) is 1.83. The Kier molecular flexibility index (Phi) is 5.07. The van der Waals surface area contributed by atoms with Crippen LogP contribution in [0, 0.1) is 0 Å². The third-order valence-electron chi connectivity index (χ3n) is 3.88. The van der Waals surface area contributed by atoms with E-state index in [-0.39, 0.29) is 11.6 Å². The van der Waals surface area contributed by atoms with Crippen molar-refractivity contribution < 1.29 is 4.74 Å². The zero-order chi connectivity index (χ0) is 13.0. The highest BCUT2D eigenvalue weighted by molar-refractivity contribution is 7.10. The Morgan fingerprint density at radius 1 is 1.39 bits per heavy atom. The Bertz CT molecular complexity index is 372. The fourth-order valence-corrected chi connectivity index (χ4v) is 4.21. The molecule has 0 amide bonds. The van der Waals surface area contributed by atoms with E-state index in [9.17, 15) is 0 Å². The van der Waals surface area contributed by atoms with E-state index in [2.05, 4.69) is 6.92 Å². The largest absolute Gasteiger partial charge is 0.373 e. The molecule has 0 radical (unpaired) electrons. The summed E-state index contributed by atoms with van der Waals surface area (Å²) in [7, 11) is 0. The first-order chi connectivity index (χ1) is 8.69. The predicted octanol–water partition coefficient (Wildman–Crippen LogP) is 4.53. The zero-order valence-corrected chi connectivity index (χ0v) is 12.5. The van der Waals surface area contributed by atoms with Gasteiger partial charge in [-0.1, -0.05) is 37.3 Å². The molecule has 1 saturated carbocycles. The molecule has 1 unspecified atom stereocenters. The summed E-state index contributed by atoms with van der Waals surface area (Å²) in [6.45, 7) is 2.77. The highest BCUT2D eigenvalue weighted by atomic mass is 35.5. The van der Waals surface area contributed by atoms with Crippen molar-refractivity contribution in [2.75, 3.05) is 6.61 Å². The van der Waals surface area contributed by atoms with Gasteiger partial charge in [0.1, 0.15) is 0 Å². The van der Waals surface area contributed by atoms with Crippen molar-refractivity contribution in [3.05, 3.63) is 21.3 Å². The molecule has 2 nitrogen and oxygen atoms in total. The van der Waals surface area contributed by atoms with Crippen molar-refractivity contribution in [3.8, 4) is 0 Å². The van der Waals surface area contributed by atoms with Crippen LogP contribution in [0.5, 0.6) is 0 Å². The summed E-state index contributed by atoms with van der Waals surface area (Å²) in [5, 5.41) is 2.80. The van der Waals surface area contributed by atoms with Crippen LogP contribution < -0.4 is 5.73 Å². The van der Waals surface area contributed by atoms with Gasteiger partial charge in [0, 0.05) is 11.5 Å². The molecule has 0 bridgehead atoms. The van der Waals surface area contributed by atoms with Crippen molar-refractivity contribution in [2.45, 2.75) is 57.1 Å². The number of hydrogen-bond acceptors (Lipinski definition) is 3. The number of thiophene rings is 1. The highest BCUT2D eigenvalue weighted by Crippen LogP contribution is 2.42. The van der Waals surface area contributed by atoms with Gasteiger partial charge in [0.05, 0.1) is 16.7 Å². The summed E-state index contributed by atoms with van der Waals surface area (Å²) in [5.74, 6) is 0. The third kappa shape index (κ3) is 2.90. The number of rotatable bonds is 4. The fourth-order valence-electron chi connectivity index (χ4n) is 2.93. The van der Waals surface area contributed by atoms with Gasteiger partial charge < -0.3 is 10.5 Å². The van der Waals surface area contributed by atoms with Gasteiger partial charge in [0.2, 0.25) is 0 Å². The Labute approximate surface area is 118 Å². The first-order valence-electron chi connectivity index (χ1n) is 6.82. The SMILES string of the molecule is CCOC1(C(N)c2sccc2Cl)CCCCCC1. The Morgan fingerprint density at radius 2 is 2.06 bits per heavy atom. The van der Waals surface area contributed by atoms with Crippen molar-refractivity contribution in [1.29, 1.82) is 0 Å². The van der Waals surface area contributed by atoms with E-state index in [1.54, 1.807) is 11.3 Å². The van der Waals surface area contributed by atoms with E-state index in [1.807, 2.05) is 11.4 Å². The molecule has 1 heterocycles. The predicted molar refractivity (Wildman–Crippen MR) is 78.3 cm³/mol. The van der Waals surface area contributed by atoms with Gasteiger partial charge in [0.25, 0.3) is 0 Å². The average molecular weight is 288 g/mol. The molecule has 102 valence electrons. The maximum atomic E-state index is 6.51. The molecule has 1 aromatic heterocycles. The number of halogens is 1. The van der Waals surface area contributed by atoms with Crippen LogP contribution in [0.25, 0.3) is 0 Å². The van der Waals surface area contributed by atoms with Gasteiger partial charge in [-0.15, -0.1) is 11.3 Å². The summed E-state index contributed by atoms with van der Waals surface area (Å²) in [4.78, 5) is 1.08. The molecule has 4 heteroatoms. The lowest BCUT2D eigenvalue weighted by Crippen LogP contribution is -2.43. The van der Waals surface area contributed by atoms with Crippen LogP contribution in [0.4, 0.5) is 0 Å². The number of nitrogens with two attached hydrogens (primary N) is 1. The second-order valence-electron chi connectivity index (χ2n) is 5.02. The van der Waals surface area contributed by atoms with Crippen molar-refractivity contribution >= 4 is 22.9 Å².